The monoisotopic (exact) mass is 241 g/mol. The van der Waals surface area contributed by atoms with Crippen molar-refractivity contribution in [1.29, 1.82) is 0 Å². The molecule has 0 aromatic heterocycles. The zero-order valence-electron chi connectivity index (χ0n) is 10.1. The highest BCUT2D eigenvalue weighted by atomic mass is 16.6. The summed E-state index contributed by atoms with van der Waals surface area (Å²) in [5.74, 6) is -2.11. The first-order valence-electron chi connectivity index (χ1n) is 5.51. The van der Waals surface area contributed by atoms with E-state index in [-0.39, 0.29) is 13.1 Å². The van der Waals surface area contributed by atoms with Crippen molar-refractivity contribution in [3.8, 4) is 0 Å². The standard InChI is InChI=1S/C11H15NO5/c1-11(2,3)17-10(15)12-4-6-7(5-12)9(14)16-8(6)13/h6-7H,4-5H2,1-3H3/t6-,7+. The maximum atomic E-state index is 11.7. The van der Waals surface area contributed by atoms with Gasteiger partial charge in [0.1, 0.15) is 5.60 Å². The lowest BCUT2D eigenvalue weighted by molar-refractivity contribution is -0.154. The molecule has 0 N–H and O–H groups in total. The van der Waals surface area contributed by atoms with Crippen molar-refractivity contribution >= 4 is 18.0 Å². The molecule has 6 heteroatoms. The Kier molecular flexibility index (Phi) is 2.60. The second-order valence-electron chi connectivity index (χ2n) is 5.34. The number of hydrogen-bond acceptors (Lipinski definition) is 5. The highest BCUT2D eigenvalue weighted by molar-refractivity contribution is 5.97. The molecule has 2 aliphatic rings. The van der Waals surface area contributed by atoms with E-state index >= 15 is 0 Å². The Bertz CT molecular complexity index is 362. The van der Waals surface area contributed by atoms with Crippen molar-refractivity contribution in [3.05, 3.63) is 0 Å². The van der Waals surface area contributed by atoms with Crippen molar-refractivity contribution in [1.82, 2.24) is 4.90 Å². The van der Waals surface area contributed by atoms with Gasteiger partial charge in [0.2, 0.25) is 0 Å². The fraction of sp³-hybridized carbons (Fsp3) is 0.727. The minimum absolute atomic E-state index is 0.199. The number of carbonyl (C=O) groups is 3. The van der Waals surface area contributed by atoms with Gasteiger partial charge in [-0.2, -0.15) is 0 Å². The van der Waals surface area contributed by atoms with Gasteiger partial charge < -0.3 is 14.4 Å². The zero-order chi connectivity index (χ0) is 12.8. The summed E-state index contributed by atoms with van der Waals surface area (Å²) >= 11 is 0. The largest absolute Gasteiger partial charge is 0.444 e. The summed E-state index contributed by atoms with van der Waals surface area (Å²) in [5, 5.41) is 0. The van der Waals surface area contributed by atoms with Crippen LogP contribution in [0.25, 0.3) is 0 Å². The summed E-state index contributed by atoms with van der Waals surface area (Å²) < 4.78 is 9.68. The quantitative estimate of drug-likeness (QED) is 0.457. The molecule has 2 aliphatic heterocycles. The minimum atomic E-state index is -0.584. The molecule has 6 nitrogen and oxygen atoms in total. The van der Waals surface area contributed by atoms with Gasteiger partial charge in [-0.15, -0.1) is 0 Å². The maximum absolute atomic E-state index is 11.7. The van der Waals surface area contributed by atoms with Gasteiger partial charge in [-0.1, -0.05) is 0 Å². The number of nitrogens with zero attached hydrogens (tertiary/aromatic N) is 1. The second kappa shape index (κ2) is 3.72. The topological polar surface area (TPSA) is 72.9 Å². The van der Waals surface area contributed by atoms with Crippen LogP contribution in [0, 0.1) is 11.8 Å². The molecular formula is C11H15NO5. The van der Waals surface area contributed by atoms with E-state index in [0.29, 0.717) is 0 Å². The minimum Gasteiger partial charge on any atom is -0.444 e. The van der Waals surface area contributed by atoms with E-state index in [1.807, 2.05) is 0 Å². The summed E-state index contributed by atoms with van der Waals surface area (Å²) in [5.41, 5.74) is -0.584. The van der Waals surface area contributed by atoms with Crippen molar-refractivity contribution in [2.24, 2.45) is 11.8 Å². The van der Waals surface area contributed by atoms with E-state index in [1.54, 1.807) is 20.8 Å². The smallest absolute Gasteiger partial charge is 0.410 e. The normalized spacial score (nSPS) is 28.1. The van der Waals surface area contributed by atoms with Crippen LogP contribution in [-0.2, 0) is 19.1 Å². The highest BCUT2D eigenvalue weighted by Crippen LogP contribution is 2.32. The van der Waals surface area contributed by atoms with Crippen molar-refractivity contribution in [2.45, 2.75) is 26.4 Å². The van der Waals surface area contributed by atoms with Gasteiger partial charge in [0.15, 0.2) is 0 Å². The van der Waals surface area contributed by atoms with Crippen LogP contribution in [0.5, 0.6) is 0 Å². The number of hydrogen-bond donors (Lipinski definition) is 0. The number of ether oxygens (including phenoxy) is 2. The summed E-state index contributed by atoms with van der Waals surface area (Å²) in [6.07, 6.45) is -0.493. The average Bonchev–Trinajstić information content (AvgIpc) is 2.67. The number of fused-ring (bicyclic) bond motifs is 1. The first-order chi connectivity index (χ1) is 7.78. The Labute approximate surface area is 98.8 Å². The molecular weight excluding hydrogens is 226 g/mol. The summed E-state index contributed by atoms with van der Waals surface area (Å²) in [6.45, 7) is 5.69. The Morgan fingerprint density at radius 1 is 1.24 bits per heavy atom. The third kappa shape index (κ3) is 2.25. The fourth-order valence-corrected chi connectivity index (χ4v) is 2.01. The van der Waals surface area contributed by atoms with E-state index in [2.05, 4.69) is 4.74 Å². The Morgan fingerprint density at radius 3 is 2.12 bits per heavy atom. The van der Waals surface area contributed by atoms with Crippen LogP contribution >= 0.6 is 0 Å². The number of amides is 1. The van der Waals surface area contributed by atoms with E-state index in [1.165, 1.54) is 4.90 Å². The number of likely N-dealkylation sites (tertiary alicyclic amines) is 1. The van der Waals surface area contributed by atoms with Gasteiger partial charge >= 0.3 is 18.0 Å². The zero-order valence-corrected chi connectivity index (χ0v) is 10.1. The molecule has 2 fully saturated rings. The van der Waals surface area contributed by atoms with E-state index in [4.69, 9.17) is 4.74 Å². The van der Waals surface area contributed by atoms with Gasteiger partial charge in [-0.25, -0.2) is 4.79 Å². The first kappa shape index (κ1) is 11.9. The third-order valence-corrected chi connectivity index (χ3v) is 2.78. The molecule has 0 aromatic carbocycles. The lowest BCUT2D eigenvalue weighted by Crippen LogP contribution is -2.36. The lowest BCUT2D eigenvalue weighted by atomic mass is 10.00. The summed E-state index contributed by atoms with van der Waals surface area (Å²) in [6, 6.07) is 0. The third-order valence-electron chi connectivity index (χ3n) is 2.78. The van der Waals surface area contributed by atoms with Crippen molar-refractivity contribution in [2.75, 3.05) is 13.1 Å². The van der Waals surface area contributed by atoms with Crippen LogP contribution in [0.1, 0.15) is 20.8 Å². The number of esters is 2. The predicted molar refractivity (Wildman–Crippen MR) is 55.9 cm³/mol. The SMILES string of the molecule is CC(C)(C)OC(=O)N1C[C@@H]2C(=O)OC(=O)[C@@H]2C1. The van der Waals surface area contributed by atoms with Crippen LogP contribution in [0.4, 0.5) is 4.79 Å². The molecule has 2 rings (SSSR count). The van der Waals surface area contributed by atoms with E-state index < -0.39 is 35.5 Å². The first-order valence-corrected chi connectivity index (χ1v) is 5.51. The molecule has 0 aromatic rings. The molecule has 1 amide bonds. The van der Waals surface area contributed by atoms with Crippen molar-refractivity contribution in [3.63, 3.8) is 0 Å². The number of cyclic esters (lactones) is 2. The molecule has 0 saturated carbocycles. The van der Waals surface area contributed by atoms with Crippen LogP contribution in [0.2, 0.25) is 0 Å². The molecule has 0 unspecified atom stereocenters. The Balaban J connectivity index is 2.01. The predicted octanol–water partition coefficient (Wildman–Crippen LogP) is 0.553. The van der Waals surface area contributed by atoms with E-state index in [9.17, 15) is 14.4 Å². The molecule has 2 heterocycles. The van der Waals surface area contributed by atoms with Crippen LogP contribution in [-0.4, -0.2) is 41.6 Å². The Hall–Kier alpha value is -1.59. The Morgan fingerprint density at radius 2 is 1.71 bits per heavy atom. The van der Waals surface area contributed by atoms with E-state index in [0.717, 1.165) is 0 Å². The number of carbonyl (C=O) groups excluding carboxylic acids is 3. The maximum Gasteiger partial charge on any atom is 0.410 e. The molecule has 0 radical (unpaired) electrons. The molecule has 17 heavy (non-hydrogen) atoms. The highest BCUT2D eigenvalue weighted by Gasteiger charge is 2.51. The van der Waals surface area contributed by atoms with Crippen LogP contribution in [0.3, 0.4) is 0 Å². The molecule has 94 valence electrons. The molecule has 2 saturated heterocycles. The molecule has 0 aliphatic carbocycles. The van der Waals surface area contributed by atoms with Gasteiger partial charge in [0.25, 0.3) is 0 Å². The van der Waals surface area contributed by atoms with Gasteiger partial charge in [-0.05, 0) is 20.8 Å². The van der Waals surface area contributed by atoms with Crippen molar-refractivity contribution < 1.29 is 23.9 Å². The van der Waals surface area contributed by atoms with Gasteiger partial charge in [0, 0.05) is 13.1 Å². The van der Waals surface area contributed by atoms with Gasteiger partial charge in [0.05, 0.1) is 11.8 Å². The van der Waals surface area contributed by atoms with Crippen LogP contribution in [0.15, 0.2) is 0 Å². The van der Waals surface area contributed by atoms with Crippen LogP contribution < -0.4 is 0 Å². The number of rotatable bonds is 0. The summed E-state index contributed by atoms with van der Waals surface area (Å²) in [4.78, 5) is 35.7. The molecule has 2 atom stereocenters. The molecule has 0 spiro atoms. The average molecular weight is 241 g/mol. The summed E-state index contributed by atoms with van der Waals surface area (Å²) in [7, 11) is 0. The second-order valence-corrected chi connectivity index (χ2v) is 5.34. The van der Waals surface area contributed by atoms with Gasteiger partial charge in [-0.3, -0.25) is 9.59 Å². The lowest BCUT2D eigenvalue weighted by Gasteiger charge is -2.24. The molecule has 0 bridgehead atoms. The fourth-order valence-electron chi connectivity index (χ4n) is 2.01.